The van der Waals surface area contributed by atoms with E-state index in [9.17, 15) is 9.59 Å². The van der Waals surface area contributed by atoms with E-state index in [0.29, 0.717) is 11.3 Å². The summed E-state index contributed by atoms with van der Waals surface area (Å²) in [6, 6.07) is 8.57. The Morgan fingerprint density at radius 3 is 2.96 bits per heavy atom. The number of aromatic nitrogens is 3. The summed E-state index contributed by atoms with van der Waals surface area (Å²) in [6.07, 6.45) is 1.64. The molecule has 0 aliphatic heterocycles. The number of carbonyl (C=O) groups is 1. The van der Waals surface area contributed by atoms with Gasteiger partial charge in [-0.25, -0.2) is 14.8 Å². The molecule has 0 bridgehead atoms. The van der Waals surface area contributed by atoms with E-state index in [1.54, 1.807) is 41.1 Å². The minimum atomic E-state index is -0.534. The molecule has 0 saturated heterocycles. The number of nitrogens with zero attached hydrogens (tertiary/aromatic N) is 3. The number of thiophene rings is 1. The molecule has 0 aliphatic carbocycles. The number of pyridine rings is 1. The molecule has 6 nitrogen and oxygen atoms in total. The maximum Gasteiger partial charge on any atom is 0.358 e. The van der Waals surface area contributed by atoms with E-state index in [2.05, 4.69) is 9.97 Å². The lowest BCUT2D eigenvalue weighted by atomic mass is 10.3. The van der Waals surface area contributed by atoms with Crippen molar-refractivity contribution in [1.29, 1.82) is 0 Å². The number of thiazole rings is 1. The molecule has 8 heteroatoms. The first-order valence-corrected chi connectivity index (χ1v) is 9.15. The zero-order valence-corrected chi connectivity index (χ0v) is 14.4. The minimum absolute atomic E-state index is 0.0786. The van der Waals surface area contributed by atoms with Gasteiger partial charge in [-0.2, -0.15) is 11.3 Å². The average Bonchev–Trinajstić information content (AvgIpc) is 3.31. The van der Waals surface area contributed by atoms with Gasteiger partial charge in [0.25, 0.3) is 5.56 Å². The molecule has 25 heavy (non-hydrogen) atoms. The van der Waals surface area contributed by atoms with Crippen molar-refractivity contribution in [1.82, 2.24) is 14.4 Å². The van der Waals surface area contributed by atoms with Crippen LogP contribution in [0.4, 0.5) is 0 Å². The Morgan fingerprint density at radius 1 is 1.20 bits per heavy atom. The van der Waals surface area contributed by atoms with Crippen LogP contribution in [0.15, 0.2) is 57.5 Å². The molecule has 4 rings (SSSR count). The van der Waals surface area contributed by atoms with E-state index in [-0.39, 0.29) is 17.9 Å². The highest BCUT2D eigenvalue weighted by Crippen LogP contribution is 2.25. The van der Waals surface area contributed by atoms with Crippen LogP contribution in [0, 0.1) is 0 Å². The Morgan fingerprint density at radius 2 is 2.12 bits per heavy atom. The van der Waals surface area contributed by atoms with Gasteiger partial charge < -0.3 is 4.74 Å². The van der Waals surface area contributed by atoms with Gasteiger partial charge in [0.2, 0.25) is 0 Å². The Labute approximate surface area is 150 Å². The summed E-state index contributed by atoms with van der Waals surface area (Å²) in [4.78, 5) is 32.8. The summed E-state index contributed by atoms with van der Waals surface area (Å²) >= 11 is 2.96. The highest BCUT2D eigenvalue weighted by atomic mass is 32.1. The summed E-state index contributed by atoms with van der Waals surface area (Å²) in [5.41, 5.74) is 1.93. The van der Waals surface area contributed by atoms with Crippen molar-refractivity contribution in [3.63, 3.8) is 0 Å². The van der Waals surface area contributed by atoms with Crippen molar-refractivity contribution in [2.75, 3.05) is 0 Å². The standard InChI is InChI=1S/C17H11N3O3S2/c21-15-7-12(18-14-3-1-2-5-20(14)15)8-23-17(22)13-10-25-16(19-13)11-4-6-24-9-11/h1-7,9-10H,8H2. The second-order valence-corrected chi connectivity index (χ2v) is 6.78. The fraction of sp³-hybridized carbons (Fsp3) is 0.0588. The van der Waals surface area contributed by atoms with Gasteiger partial charge in [0.15, 0.2) is 5.69 Å². The number of hydrogen-bond acceptors (Lipinski definition) is 7. The first kappa shape index (κ1) is 15.7. The van der Waals surface area contributed by atoms with Gasteiger partial charge in [0.1, 0.15) is 17.3 Å². The van der Waals surface area contributed by atoms with Gasteiger partial charge in [0.05, 0.1) is 5.69 Å². The Balaban J connectivity index is 1.50. The van der Waals surface area contributed by atoms with Crippen molar-refractivity contribution in [2.24, 2.45) is 0 Å². The summed E-state index contributed by atoms with van der Waals surface area (Å²) in [5.74, 6) is -0.534. The van der Waals surface area contributed by atoms with E-state index in [4.69, 9.17) is 4.74 Å². The zero-order valence-electron chi connectivity index (χ0n) is 12.8. The molecular weight excluding hydrogens is 358 g/mol. The molecule has 0 aliphatic rings. The summed E-state index contributed by atoms with van der Waals surface area (Å²) in [7, 11) is 0. The molecule has 4 aromatic heterocycles. The molecule has 4 aromatic rings. The van der Waals surface area contributed by atoms with Crippen molar-refractivity contribution in [2.45, 2.75) is 6.61 Å². The average molecular weight is 369 g/mol. The van der Waals surface area contributed by atoms with Gasteiger partial charge >= 0.3 is 5.97 Å². The largest absolute Gasteiger partial charge is 0.454 e. The number of hydrogen-bond donors (Lipinski definition) is 0. The van der Waals surface area contributed by atoms with Crippen LogP contribution in [-0.4, -0.2) is 20.3 Å². The molecule has 0 atom stereocenters. The summed E-state index contributed by atoms with van der Waals surface area (Å²) < 4.78 is 6.68. The predicted molar refractivity (Wildman–Crippen MR) is 96.0 cm³/mol. The van der Waals surface area contributed by atoms with E-state index in [1.807, 2.05) is 16.8 Å². The van der Waals surface area contributed by atoms with E-state index in [1.165, 1.54) is 21.8 Å². The molecule has 0 radical (unpaired) electrons. The number of rotatable bonds is 4. The maximum atomic E-state index is 12.2. The Hall–Kier alpha value is -2.84. The highest BCUT2D eigenvalue weighted by Gasteiger charge is 2.14. The highest BCUT2D eigenvalue weighted by molar-refractivity contribution is 7.14. The Kier molecular flexibility index (Phi) is 4.12. The fourth-order valence-electron chi connectivity index (χ4n) is 2.28. The maximum absolute atomic E-state index is 12.2. The fourth-order valence-corrected chi connectivity index (χ4v) is 3.78. The topological polar surface area (TPSA) is 73.6 Å². The lowest BCUT2D eigenvalue weighted by Crippen LogP contribution is -2.16. The first-order valence-electron chi connectivity index (χ1n) is 7.33. The van der Waals surface area contributed by atoms with E-state index >= 15 is 0 Å². The van der Waals surface area contributed by atoms with Crippen LogP contribution in [0.25, 0.3) is 16.2 Å². The first-order chi connectivity index (χ1) is 12.2. The molecule has 0 saturated carbocycles. The van der Waals surface area contributed by atoms with Crippen LogP contribution in [0.3, 0.4) is 0 Å². The van der Waals surface area contributed by atoms with Gasteiger partial charge in [0, 0.05) is 28.6 Å². The van der Waals surface area contributed by atoms with Gasteiger partial charge in [-0.3, -0.25) is 9.20 Å². The number of esters is 1. The van der Waals surface area contributed by atoms with Gasteiger partial charge in [-0.05, 0) is 23.6 Å². The molecule has 0 N–H and O–H groups in total. The predicted octanol–water partition coefficient (Wildman–Crippen LogP) is 3.24. The molecule has 0 aromatic carbocycles. The van der Waals surface area contributed by atoms with Gasteiger partial charge in [-0.1, -0.05) is 6.07 Å². The SMILES string of the molecule is O=C(OCc1cc(=O)n2ccccc2n1)c1csc(-c2ccsc2)n1. The quantitative estimate of drug-likeness (QED) is 0.516. The monoisotopic (exact) mass is 369 g/mol. The summed E-state index contributed by atoms with van der Waals surface area (Å²) in [5, 5.41) is 6.37. The smallest absolute Gasteiger partial charge is 0.358 e. The van der Waals surface area contributed by atoms with Gasteiger partial charge in [-0.15, -0.1) is 11.3 Å². The summed E-state index contributed by atoms with van der Waals surface area (Å²) in [6.45, 7) is -0.0786. The lowest BCUT2D eigenvalue weighted by molar-refractivity contribution is 0.0462. The Bertz CT molecular complexity index is 1100. The zero-order chi connectivity index (χ0) is 17.2. The number of fused-ring (bicyclic) bond motifs is 1. The molecule has 0 fully saturated rings. The minimum Gasteiger partial charge on any atom is -0.454 e. The molecular formula is C17H11N3O3S2. The second kappa shape index (κ2) is 6.58. The molecule has 0 spiro atoms. The number of ether oxygens (including phenoxy) is 1. The van der Waals surface area contributed by atoms with Crippen molar-refractivity contribution >= 4 is 34.3 Å². The molecule has 0 amide bonds. The van der Waals surface area contributed by atoms with E-state index < -0.39 is 5.97 Å². The van der Waals surface area contributed by atoms with Crippen molar-refractivity contribution in [3.05, 3.63) is 74.4 Å². The molecule has 4 heterocycles. The van der Waals surface area contributed by atoms with Crippen molar-refractivity contribution < 1.29 is 9.53 Å². The number of carbonyl (C=O) groups excluding carboxylic acids is 1. The molecule has 0 unspecified atom stereocenters. The third kappa shape index (κ3) is 3.21. The van der Waals surface area contributed by atoms with Crippen LogP contribution in [-0.2, 0) is 11.3 Å². The molecule has 124 valence electrons. The van der Waals surface area contributed by atoms with Crippen LogP contribution < -0.4 is 5.56 Å². The second-order valence-electron chi connectivity index (χ2n) is 5.14. The third-order valence-corrected chi connectivity index (χ3v) is 5.03. The van der Waals surface area contributed by atoms with Crippen LogP contribution in [0.1, 0.15) is 16.2 Å². The van der Waals surface area contributed by atoms with Crippen molar-refractivity contribution in [3.8, 4) is 10.6 Å². The van der Waals surface area contributed by atoms with Crippen LogP contribution >= 0.6 is 22.7 Å². The van der Waals surface area contributed by atoms with E-state index in [0.717, 1.165) is 10.6 Å². The van der Waals surface area contributed by atoms with Crippen LogP contribution in [0.5, 0.6) is 0 Å². The normalized spacial score (nSPS) is 10.9. The lowest BCUT2D eigenvalue weighted by Gasteiger charge is -2.04. The van der Waals surface area contributed by atoms with Crippen LogP contribution in [0.2, 0.25) is 0 Å². The third-order valence-electron chi connectivity index (χ3n) is 3.46.